The second kappa shape index (κ2) is 5.07. The smallest absolute Gasteiger partial charge is 0.0627 e. The lowest BCUT2D eigenvalue weighted by Gasteiger charge is -2.28. The van der Waals surface area contributed by atoms with Crippen LogP contribution in [0, 0.1) is 0 Å². The SMILES string of the molecule is Clc1cccc(C2CCCCC2Br)c1Cl. The molecule has 15 heavy (non-hydrogen) atoms. The van der Waals surface area contributed by atoms with Crippen LogP contribution >= 0.6 is 39.1 Å². The second-order valence-electron chi connectivity index (χ2n) is 4.05. The van der Waals surface area contributed by atoms with E-state index < -0.39 is 0 Å². The van der Waals surface area contributed by atoms with Gasteiger partial charge in [0, 0.05) is 4.83 Å². The molecule has 0 spiro atoms. The van der Waals surface area contributed by atoms with Crippen molar-refractivity contribution < 1.29 is 0 Å². The lowest BCUT2D eigenvalue weighted by Crippen LogP contribution is -2.17. The summed E-state index contributed by atoms with van der Waals surface area (Å²) < 4.78 is 0. The highest BCUT2D eigenvalue weighted by molar-refractivity contribution is 9.09. The molecular formula is C12H13BrCl2. The van der Waals surface area contributed by atoms with Gasteiger partial charge in [-0.3, -0.25) is 0 Å². The molecule has 1 aromatic carbocycles. The summed E-state index contributed by atoms with van der Waals surface area (Å²) in [6, 6.07) is 5.93. The molecule has 0 aliphatic heterocycles. The Labute approximate surface area is 109 Å². The van der Waals surface area contributed by atoms with Crippen LogP contribution in [0.4, 0.5) is 0 Å². The van der Waals surface area contributed by atoms with Crippen molar-refractivity contribution in [1.82, 2.24) is 0 Å². The molecule has 1 aliphatic carbocycles. The maximum absolute atomic E-state index is 6.24. The van der Waals surface area contributed by atoms with E-state index in [-0.39, 0.29) is 0 Å². The fourth-order valence-electron chi connectivity index (χ4n) is 2.24. The van der Waals surface area contributed by atoms with Crippen molar-refractivity contribution in [3.8, 4) is 0 Å². The Bertz CT molecular complexity index is 351. The zero-order valence-electron chi connectivity index (χ0n) is 8.35. The van der Waals surface area contributed by atoms with E-state index in [1.54, 1.807) is 0 Å². The van der Waals surface area contributed by atoms with Gasteiger partial charge in [0.1, 0.15) is 0 Å². The third kappa shape index (κ3) is 2.51. The highest BCUT2D eigenvalue weighted by Crippen LogP contribution is 2.41. The van der Waals surface area contributed by atoms with Crippen LogP contribution in [0.25, 0.3) is 0 Å². The molecule has 0 saturated heterocycles. The summed E-state index contributed by atoms with van der Waals surface area (Å²) >= 11 is 16.0. The molecule has 1 saturated carbocycles. The molecule has 0 bridgehead atoms. The van der Waals surface area contributed by atoms with Crippen LogP contribution in [-0.2, 0) is 0 Å². The number of hydrogen-bond donors (Lipinski definition) is 0. The molecule has 2 atom stereocenters. The second-order valence-corrected chi connectivity index (χ2v) is 6.01. The van der Waals surface area contributed by atoms with E-state index in [9.17, 15) is 0 Å². The molecule has 1 fully saturated rings. The van der Waals surface area contributed by atoms with Gasteiger partial charge in [-0.2, -0.15) is 0 Å². The molecule has 0 aromatic heterocycles. The van der Waals surface area contributed by atoms with E-state index in [0.29, 0.717) is 15.8 Å². The average Bonchev–Trinajstić information content (AvgIpc) is 2.23. The minimum Gasteiger partial charge on any atom is -0.0884 e. The maximum atomic E-state index is 6.24. The molecule has 82 valence electrons. The summed E-state index contributed by atoms with van der Waals surface area (Å²) in [6.45, 7) is 0. The van der Waals surface area contributed by atoms with E-state index in [0.717, 1.165) is 5.02 Å². The largest absolute Gasteiger partial charge is 0.0884 e. The minimum atomic E-state index is 0.518. The Morgan fingerprint density at radius 3 is 2.60 bits per heavy atom. The third-order valence-electron chi connectivity index (χ3n) is 3.06. The third-order valence-corrected chi connectivity index (χ3v) is 4.99. The summed E-state index contributed by atoms with van der Waals surface area (Å²) in [7, 11) is 0. The number of benzene rings is 1. The highest BCUT2D eigenvalue weighted by Gasteiger charge is 2.26. The van der Waals surface area contributed by atoms with Gasteiger partial charge >= 0.3 is 0 Å². The summed E-state index contributed by atoms with van der Waals surface area (Å²) in [6.07, 6.45) is 5.03. The number of hydrogen-bond acceptors (Lipinski definition) is 0. The van der Waals surface area contributed by atoms with Crippen LogP contribution in [0.2, 0.25) is 10.0 Å². The maximum Gasteiger partial charge on any atom is 0.0627 e. The van der Waals surface area contributed by atoms with Crippen molar-refractivity contribution in [1.29, 1.82) is 0 Å². The lowest BCUT2D eigenvalue weighted by molar-refractivity contribution is 0.461. The Morgan fingerprint density at radius 2 is 1.87 bits per heavy atom. The lowest BCUT2D eigenvalue weighted by atomic mass is 9.84. The summed E-state index contributed by atoms with van der Waals surface area (Å²) in [5.41, 5.74) is 1.20. The first-order valence-electron chi connectivity index (χ1n) is 5.28. The number of halogens is 3. The highest BCUT2D eigenvalue weighted by atomic mass is 79.9. The van der Waals surface area contributed by atoms with Gasteiger partial charge in [-0.1, -0.05) is 64.1 Å². The van der Waals surface area contributed by atoms with E-state index in [1.807, 2.05) is 12.1 Å². The average molecular weight is 308 g/mol. The molecule has 2 rings (SSSR count). The monoisotopic (exact) mass is 306 g/mol. The van der Waals surface area contributed by atoms with Gasteiger partial charge in [0.15, 0.2) is 0 Å². The van der Waals surface area contributed by atoms with Crippen molar-refractivity contribution >= 4 is 39.1 Å². The Hall–Kier alpha value is 0.280. The van der Waals surface area contributed by atoms with E-state index in [4.69, 9.17) is 23.2 Å². The molecule has 1 aliphatic rings. The number of alkyl halides is 1. The Morgan fingerprint density at radius 1 is 1.13 bits per heavy atom. The van der Waals surface area contributed by atoms with Gasteiger partial charge in [0.25, 0.3) is 0 Å². The van der Waals surface area contributed by atoms with Gasteiger partial charge in [0.05, 0.1) is 10.0 Å². The normalized spacial score (nSPS) is 26.6. The van der Waals surface area contributed by atoms with Crippen LogP contribution in [0.15, 0.2) is 18.2 Å². The predicted molar refractivity (Wildman–Crippen MR) is 70.4 cm³/mol. The van der Waals surface area contributed by atoms with Crippen molar-refractivity contribution in [2.75, 3.05) is 0 Å². The Kier molecular flexibility index (Phi) is 3.98. The van der Waals surface area contributed by atoms with Gasteiger partial charge in [-0.25, -0.2) is 0 Å². The van der Waals surface area contributed by atoms with E-state index >= 15 is 0 Å². The summed E-state index contributed by atoms with van der Waals surface area (Å²) in [5, 5.41) is 1.40. The first-order chi connectivity index (χ1) is 7.20. The molecule has 0 radical (unpaired) electrons. The molecule has 0 N–H and O–H groups in total. The van der Waals surface area contributed by atoms with Crippen LogP contribution in [0.1, 0.15) is 37.2 Å². The van der Waals surface area contributed by atoms with E-state index in [1.165, 1.54) is 31.2 Å². The predicted octanol–water partition coefficient (Wildman–Crippen LogP) is 5.41. The fraction of sp³-hybridized carbons (Fsp3) is 0.500. The van der Waals surface area contributed by atoms with Crippen LogP contribution in [0.3, 0.4) is 0 Å². The standard InChI is InChI=1S/C12H13BrCl2/c13-10-6-2-1-4-8(10)9-5-3-7-11(14)12(9)15/h3,5,7-8,10H,1-2,4,6H2. The van der Waals surface area contributed by atoms with Gasteiger partial charge < -0.3 is 0 Å². The van der Waals surface area contributed by atoms with E-state index in [2.05, 4.69) is 22.0 Å². The summed E-state index contributed by atoms with van der Waals surface area (Å²) in [4.78, 5) is 0.544. The summed E-state index contributed by atoms with van der Waals surface area (Å²) in [5.74, 6) is 0.518. The van der Waals surface area contributed by atoms with Crippen molar-refractivity contribution in [2.45, 2.75) is 36.4 Å². The fourth-order valence-corrected chi connectivity index (χ4v) is 3.56. The zero-order chi connectivity index (χ0) is 10.8. The quantitative estimate of drug-likeness (QED) is 0.608. The topological polar surface area (TPSA) is 0 Å². The minimum absolute atomic E-state index is 0.518. The first-order valence-corrected chi connectivity index (χ1v) is 6.95. The van der Waals surface area contributed by atoms with Gasteiger partial charge in [-0.15, -0.1) is 0 Å². The number of rotatable bonds is 1. The molecule has 3 heteroatoms. The van der Waals surface area contributed by atoms with Gasteiger partial charge in [-0.05, 0) is 30.4 Å². The molecular weight excluding hydrogens is 295 g/mol. The van der Waals surface area contributed by atoms with Crippen LogP contribution in [0.5, 0.6) is 0 Å². The van der Waals surface area contributed by atoms with Crippen molar-refractivity contribution in [3.05, 3.63) is 33.8 Å². The zero-order valence-corrected chi connectivity index (χ0v) is 11.4. The molecule has 1 aromatic rings. The van der Waals surface area contributed by atoms with Gasteiger partial charge in [0.2, 0.25) is 0 Å². The van der Waals surface area contributed by atoms with Crippen molar-refractivity contribution in [2.24, 2.45) is 0 Å². The first kappa shape index (κ1) is 11.8. The van der Waals surface area contributed by atoms with Crippen LogP contribution in [-0.4, -0.2) is 4.83 Å². The molecule has 0 heterocycles. The molecule has 2 unspecified atom stereocenters. The molecule has 0 amide bonds. The molecule has 0 nitrogen and oxygen atoms in total. The van der Waals surface area contributed by atoms with Crippen molar-refractivity contribution in [3.63, 3.8) is 0 Å². The Balaban J connectivity index is 2.31. The van der Waals surface area contributed by atoms with Crippen LogP contribution < -0.4 is 0 Å².